The zero-order valence-corrected chi connectivity index (χ0v) is 16.4. The summed E-state index contributed by atoms with van der Waals surface area (Å²) in [7, 11) is 1.48. The fraction of sp³-hybridized carbons (Fsp3) is 0.444. The second kappa shape index (κ2) is 5.84. The van der Waals surface area contributed by atoms with Gasteiger partial charge in [0.15, 0.2) is 0 Å². The van der Waals surface area contributed by atoms with E-state index in [1.807, 2.05) is 68.5 Å². The van der Waals surface area contributed by atoms with Crippen LogP contribution in [0.1, 0.15) is 33.5 Å². The van der Waals surface area contributed by atoms with Crippen LogP contribution in [0, 0.1) is 0 Å². The zero-order chi connectivity index (χ0) is 18.7. The van der Waals surface area contributed by atoms with Gasteiger partial charge < -0.3 is 13.9 Å². The molecule has 26 heavy (non-hydrogen) atoms. The van der Waals surface area contributed by atoms with E-state index in [0.717, 1.165) is 22.2 Å². The van der Waals surface area contributed by atoms with Gasteiger partial charge in [0.1, 0.15) is 5.82 Å². The quantitative estimate of drug-likeness (QED) is 0.663. The Morgan fingerprint density at radius 3 is 2.46 bits per heavy atom. The molecule has 0 aliphatic carbocycles. The number of aryl methyl sites for hydroxylation is 1. The van der Waals surface area contributed by atoms with Crippen LogP contribution in [0.25, 0.3) is 10.9 Å². The summed E-state index contributed by atoms with van der Waals surface area (Å²) < 4.78 is 16.1. The molecular weight excluding hydrogens is 350 g/mol. The Labute approximate surface area is 158 Å². The molecule has 0 bridgehead atoms. The Morgan fingerprint density at radius 2 is 1.85 bits per heavy atom. The first kappa shape index (κ1) is 17.6. The maximum Gasteiger partial charge on any atom is 0.496 e. The molecule has 0 N–H and O–H groups in total. The van der Waals surface area contributed by atoms with Crippen molar-refractivity contribution in [2.45, 2.75) is 45.4 Å². The molecule has 0 radical (unpaired) electrons. The zero-order valence-electron chi connectivity index (χ0n) is 15.7. The number of nitrogens with zero attached hydrogens (tertiary/aromatic N) is 4. The van der Waals surface area contributed by atoms with Crippen molar-refractivity contribution in [1.82, 2.24) is 19.3 Å². The summed E-state index contributed by atoms with van der Waals surface area (Å²) in [4.78, 5) is 4.35. The smallest absolute Gasteiger partial charge is 0.399 e. The van der Waals surface area contributed by atoms with E-state index < -0.39 is 18.3 Å². The topological polar surface area (TPSA) is 54.1 Å². The van der Waals surface area contributed by atoms with Crippen molar-refractivity contribution < 1.29 is 9.31 Å². The Bertz CT molecular complexity index is 963. The third-order valence-corrected chi connectivity index (χ3v) is 5.85. The van der Waals surface area contributed by atoms with E-state index in [0.29, 0.717) is 11.6 Å². The Kier molecular flexibility index (Phi) is 3.95. The van der Waals surface area contributed by atoms with Gasteiger partial charge in [-0.1, -0.05) is 17.7 Å². The highest BCUT2D eigenvalue weighted by Gasteiger charge is 2.52. The van der Waals surface area contributed by atoms with Crippen LogP contribution in [0.2, 0.25) is 5.02 Å². The Hall–Kier alpha value is -1.83. The number of imidazole rings is 1. The molecule has 136 valence electrons. The van der Waals surface area contributed by atoms with Gasteiger partial charge in [-0.15, -0.1) is 0 Å². The minimum absolute atomic E-state index is 0.404. The molecule has 1 aliphatic rings. The second-order valence-electron chi connectivity index (χ2n) is 7.77. The summed E-state index contributed by atoms with van der Waals surface area (Å²) in [6, 6.07) is 3.89. The minimum atomic E-state index is -0.491. The molecule has 8 heteroatoms. The molecule has 3 aromatic rings. The predicted molar refractivity (Wildman–Crippen MR) is 103 cm³/mol. The molecule has 1 aliphatic heterocycles. The molecule has 2 aromatic heterocycles. The van der Waals surface area contributed by atoms with Crippen molar-refractivity contribution in [3.05, 3.63) is 41.6 Å². The summed E-state index contributed by atoms with van der Waals surface area (Å²) in [5.41, 5.74) is 0.857. The third-order valence-electron chi connectivity index (χ3n) is 5.43. The van der Waals surface area contributed by atoms with E-state index in [9.17, 15) is 0 Å². The van der Waals surface area contributed by atoms with Crippen molar-refractivity contribution in [2.75, 3.05) is 0 Å². The number of benzene rings is 1. The van der Waals surface area contributed by atoms with Crippen LogP contribution in [-0.2, 0) is 22.9 Å². The van der Waals surface area contributed by atoms with Crippen LogP contribution in [0.4, 0.5) is 0 Å². The van der Waals surface area contributed by atoms with Gasteiger partial charge >= 0.3 is 7.12 Å². The average Bonchev–Trinajstić information content (AvgIpc) is 3.18. The summed E-state index contributed by atoms with van der Waals surface area (Å²) in [5.74, 6) is 0.931. The molecular formula is C18H22BClN4O2. The highest BCUT2D eigenvalue weighted by atomic mass is 35.5. The number of fused-ring (bicyclic) bond motifs is 1. The number of hydrogen-bond donors (Lipinski definition) is 0. The van der Waals surface area contributed by atoms with Gasteiger partial charge in [-0.2, -0.15) is 5.10 Å². The molecule has 3 heterocycles. The largest absolute Gasteiger partial charge is 0.496 e. The maximum absolute atomic E-state index is 6.70. The van der Waals surface area contributed by atoms with Crippen LogP contribution >= 0.6 is 11.6 Å². The van der Waals surface area contributed by atoms with E-state index in [1.54, 1.807) is 6.20 Å². The highest BCUT2D eigenvalue weighted by Crippen LogP contribution is 2.37. The van der Waals surface area contributed by atoms with Gasteiger partial charge in [0.25, 0.3) is 0 Å². The van der Waals surface area contributed by atoms with Crippen molar-refractivity contribution in [3.8, 4) is 0 Å². The summed E-state index contributed by atoms with van der Waals surface area (Å²) in [5, 5.41) is 6.11. The number of halogens is 1. The molecule has 1 fully saturated rings. The normalized spacial score (nSPS) is 18.8. The van der Waals surface area contributed by atoms with E-state index in [1.165, 1.54) is 0 Å². The van der Waals surface area contributed by atoms with Crippen LogP contribution < -0.4 is 5.46 Å². The fourth-order valence-electron chi connectivity index (χ4n) is 3.05. The molecule has 0 unspecified atom stereocenters. The molecule has 0 spiro atoms. The molecule has 0 saturated carbocycles. The van der Waals surface area contributed by atoms with Gasteiger partial charge in [-0.3, -0.25) is 4.68 Å². The minimum Gasteiger partial charge on any atom is -0.399 e. The van der Waals surface area contributed by atoms with Crippen LogP contribution in [-0.4, -0.2) is 37.7 Å². The number of aromatic nitrogens is 4. The lowest BCUT2D eigenvalue weighted by atomic mass is 9.78. The van der Waals surface area contributed by atoms with Gasteiger partial charge in [0.05, 0.1) is 28.3 Å². The lowest BCUT2D eigenvalue weighted by molar-refractivity contribution is 0.00578. The molecule has 1 saturated heterocycles. The van der Waals surface area contributed by atoms with Crippen molar-refractivity contribution in [1.29, 1.82) is 0 Å². The maximum atomic E-state index is 6.70. The lowest BCUT2D eigenvalue weighted by Gasteiger charge is -2.32. The van der Waals surface area contributed by atoms with Crippen LogP contribution in [0.3, 0.4) is 0 Å². The average molecular weight is 373 g/mol. The van der Waals surface area contributed by atoms with Gasteiger partial charge in [0.2, 0.25) is 0 Å². The van der Waals surface area contributed by atoms with Crippen molar-refractivity contribution in [2.24, 2.45) is 7.05 Å². The first-order chi connectivity index (χ1) is 12.2. The molecule has 6 nitrogen and oxygen atoms in total. The molecule has 4 rings (SSSR count). The van der Waals surface area contributed by atoms with Crippen LogP contribution in [0.5, 0.6) is 0 Å². The van der Waals surface area contributed by atoms with Crippen LogP contribution in [0.15, 0.2) is 30.7 Å². The van der Waals surface area contributed by atoms with E-state index >= 15 is 0 Å². The highest BCUT2D eigenvalue weighted by molar-refractivity contribution is 6.66. The summed E-state index contributed by atoms with van der Waals surface area (Å²) in [6.07, 6.45) is 5.64. The monoisotopic (exact) mass is 372 g/mol. The third kappa shape index (κ3) is 2.75. The SMILES string of the molecule is Cn1ccnc1Cn1cc2c(Cl)c(B3OC(C)(C)C(C)(C)O3)ccc2n1. The van der Waals surface area contributed by atoms with E-state index in [-0.39, 0.29) is 0 Å². The summed E-state index contributed by atoms with van der Waals surface area (Å²) >= 11 is 6.70. The van der Waals surface area contributed by atoms with Crippen molar-refractivity contribution >= 4 is 35.1 Å². The number of hydrogen-bond acceptors (Lipinski definition) is 4. The number of rotatable bonds is 3. The molecule has 0 amide bonds. The molecule has 0 atom stereocenters. The van der Waals surface area contributed by atoms with Gasteiger partial charge in [0, 0.05) is 36.5 Å². The second-order valence-corrected chi connectivity index (χ2v) is 8.15. The van der Waals surface area contributed by atoms with Gasteiger partial charge in [-0.25, -0.2) is 4.98 Å². The Balaban J connectivity index is 1.69. The van der Waals surface area contributed by atoms with E-state index in [4.69, 9.17) is 20.9 Å². The van der Waals surface area contributed by atoms with Gasteiger partial charge in [-0.05, 0) is 33.8 Å². The van der Waals surface area contributed by atoms with E-state index in [2.05, 4.69) is 10.1 Å². The summed E-state index contributed by atoms with van der Waals surface area (Å²) in [6.45, 7) is 8.71. The predicted octanol–water partition coefficient (Wildman–Crippen LogP) is 2.77. The first-order valence-corrected chi connectivity index (χ1v) is 9.03. The fourth-order valence-corrected chi connectivity index (χ4v) is 3.35. The van der Waals surface area contributed by atoms with Crippen molar-refractivity contribution in [3.63, 3.8) is 0 Å². The Morgan fingerprint density at radius 1 is 1.15 bits per heavy atom. The standard InChI is InChI=1S/C18H22BClN4O2/c1-17(2)18(3,4)26-19(25-17)13-6-7-14-12(16(13)20)10-24(22-14)11-15-21-8-9-23(15)5/h6-10H,11H2,1-5H3. The first-order valence-electron chi connectivity index (χ1n) is 8.65. The molecule has 1 aromatic carbocycles. The lowest BCUT2D eigenvalue weighted by Crippen LogP contribution is -2.41.